The van der Waals surface area contributed by atoms with Crippen LogP contribution in [0.15, 0.2) is 28.7 Å². The van der Waals surface area contributed by atoms with Gasteiger partial charge in [-0.3, -0.25) is 0 Å². The molecule has 0 spiro atoms. The van der Waals surface area contributed by atoms with Crippen molar-refractivity contribution in [3.8, 4) is 5.75 Å². The predicted molar refractivity (Wildman–Crippen MR) is 65.3 cm³/mol. The van der Waals surface area contributed by atoms with Crippen molar-refractivity contribution in [3.63, 3.8) is 0 Å². The highest BCUT2D eigenvalue weighted by Crippen LogP contribution is 2.26. The molecule has 1 heterocycles. The highest BCUT2D eigenvalue weighted by molar-refractivity contribution is 9.10. The minimum Gasteiger partial charge on any atom is -0.488 e. The Bertz CT molecular complexity index is 323. The first kappa shape index (κ1) is 11.0. The molecule has 1 fully saturated rings. The minimum atomic E-state index is 0.228. The van der Waals surface area contributed by atoms with Gasteiger partial charge in [-0.2, -0.15) is 0 Å². The summed E-state index contributed by atoms with van der Waals surface area (Å²) < 4.78 is 6.94. The topological polar surface area (TPSA) is 21.3 Å². The van der Waals surface area contributed by atoms with E-state index in [2.05, 4.69) is 28.2 Å². The van der Waals surface area contributed by atoms with Gasteiger partial charge in [-0.1, -0.05) is 12.1 Å². The second-order valence-electron chi connectivity index (χ2n) is 3.96. The monoisotopic (exact) mass is 269 g/mol. The Kier molecular flexibility index (Phi) is 3.65. The van der Waals surface area contributed by atoms with Gasteiger partial charge in [0, 0.05) is 6.04 Å². The molecule has 1 N–H and O–H groups in total. The van der Waals surface area contributed by atoms with Gasteiger partial charge in [-0.25, -0.2) is 0 Å². The van der Waals surface area contributed by atoms with E-state index in [4.69, 9.17) is 4.74 Å². The van der Waals surface area contributed by atoms with Gasteiger partial charge in [0.05, 0.1) is 4.47 Å². The Morgan fingerprint density at radius 3 is 2.93 bits per heavy atom. The van der Waals surface area contributed by atoms with Crippen LogP contribution in [0.1, 0.15) is 19.8 Å². The van der Waals surface area contributed by atoms with Crippen molar-refractivity contribution in [3.05, 3.63) is 28.7 Å². The summed E-state index contributed by atoms with van der Waals surface area (Å²) in [5, 5.41) is 3.46. The van der Waals surface area contributed by atoms with Gasteiger partial charge in [0.25, 0.3) is 0 Å². The maximum absolute atomic E-state index is 5.92. The molecule has 15 heavy (non-hydrogen) atoms. The molecule has 0 saturated carbocycles. The van der Waals surface area contributed by atoms with E-state index in [1.165, 1.54) is 12.8 Å². The Balaban J connectivity index is 1.99. The second kappa shape index (κ2) is 4.99. The Morgan fingerprint density at radius 1 is 1.47 bits per heavy atom. The zero-order valence-electron chi connectivity index (χ0n) is 8.87. The van der Waals surface area contributed by atoms with Crippen LogP contribution >= 0.6 is 15.9 Å². The molecule has 0 radical (unpaired) electrons. The number of ether oxygens (including phenoxy) is 1. The van der Waals surface area contributed by atoms with Gasteiger partial charge in [-0.15, -0.1) is 0 Å². The van der Waals surface area contributed by atoms with Gasteiger partial charge in [-0.05, 0) is 54.4 Å². The standard InChI is InChI=1S/C12H16BrNO/c1-9(11-6-4-8-14-11)15-12-7-3-2-5-10(12)13/h2-3,5,7,9,11,14H,4,6,8H2,1H3. The van der Waals surface area contributed by atoms with Crippen molar-refractivity contribution >= 4 is 15.9 Å². The quantitative estimate of drug-likeness (QED) is 0.911. The normalized spacial score (nSPS) is 22.7. The Labute approximate surface area is 99.1 Å². The molecule has 2 nitrogen and oxygen atoms in total. The fourth-order valence-electron chi connectivity index (χ4n) is 1.93. The Morgan fingerprint density at radius 2 is 2.27 bits per heavy atom. The van der Waals surface area contributed by atoms with E-state index in [9.17, 15) is 0 Å². The van der Waals surface area contributed by atoms with Crippen LogP contribution in [0, 0.1) is 0 Å². The molecule has 0 amide bonds. The van der Waals surface area contributed by atoms with E-state index in [1.54, 1.807) is 0 Å². The van der Waals surface area contributed by atoms with E-state index >= 15 is 0 Å². The van der Waals surface area contributed by atoms with Crippen molar-refractivity contribution in [2.24, 2.45) is 0 Å². The largest absolute Gasteiger partial charge is 0.488 e. The van der Waals surface area contributed by atoms with Crippen molar-refractivity contribution in [1.82, 2.24) is 5.32 Å². The molecule has 0 bridgehead atoms. The van der Waals surface area contributed by atoms with Crippen LogP contribution in [0.3, 0.4) is 0 Å². The number of para-hydroxylation sites is 1. The summed E-state index contributed by atoms with van der Waals surface area (Å²) in [7, 11) is 0. The molecule has 2 atom stereocenters. The first-order valence-corrected chi connectivity index (χ1v) is 6.21. The molecule has 1 saturated heterocycles. The molecule has 0 aromatic heterocycles. The third-order valence-corrected chi connectivity index (χ3v) is 3.47. The number of hydrogen-bond acceptors (Lipinski definition) is 2. The summed E-state index contributed by atoms with van der Waals surface area (Å²) in [6.07, 6.45) is 2.70. The lowest BCUT2D eigenvalue weighted by molar-refractivity contribution is 0.179. The van der Waals surface area contributed by atoms with E-state index in [0.717, 1.165) is 16.8 Å². The predicted octanol–water partition coefficient (Wildman–Crippen LogP) is 2.97. The molecule has 1 aliphatic heterocycles. The van der Waals surface area contributed by atoms with Crippen molar-refractivity contribution in [2.45, 2.75) is 31.9 Å². The number of nitrogens with one attached hydrogen (secondary N) is 1. The fourth-order valence-corrected chi connectivity index (χ4v) is 2.31. The molecule has 0 aliphatic carbocycles. The molecule has 82 valence electrons. The maximum Gasteiger partial charge on any atom is 0.133 e. The second-order valence-corrected chi connectivity index (χ2v) is 4.81. The first-order chi connectivity index (χ1) is 7.27. The number of hydrogen-bond donors (Lipinski definition) is 1. The number of halogens is 1. The lowest BCUT2D eigenvalue weighted by atomic mass is 10.1. The third kappa shape index (κ3) is 2.73. The van der Waals surface area contributed by atoms with Gasteiger partial charge >= 0.3 is 0 Å². The average molecular weight is 270 g/mol. The highest BCUT2D eigenvalue weighted by atomic mass is 79.9. The van der Waals surface area contributed by atoms with E-state index in [-0.39, 0.29) is 6.10 Å². The molecular formula is C12H16BrNO. The van der Waals surface area contributed by atoms with Crippen molar-refractivity contribution in [2.75, 3.05) is 6.54 Å². The van der Waals surface area contributed by atoms with Crippen LogP contribution in [-0.2, 0) is 0 Å². The smallest absolute Gasteiger partial charge is 0.133 e. The van der Waals surface area contributed by atoms with Gasteiger partial charge in [0.2, 0.25) is 0 Å². The highest BCUT2D eigenvalue weighted by Gasteiger charge is 2.22. The van der Waals surface area contributed by atoms with E-state index in [0.29, 0.717) is 6.04 Å². The van der Waals surface area contributed by atoms with Crippen molar-refractivity contribution < 1.29 is 4.74 Å². The fraction of sp³-hybridized carbons (Fsp3) is 0.500. The van der Waals surface area contributed by atoms with Crippen LogP contribution < -0.4 is 10.1 Å². The van der Waals surface area contributed by atoms with Crippen LogP contribution in [0.2, 0.25) is 0 Å². The summed E-state index contributed by atoms with van der Waals surface area (Å²) >= 11 is 3.49. The molecule has 1 aromatic carbocycles. The van der Waals surface area contributed by atoms with Gasteiger partial charge < -0.3 is 10.1 Å². The zero-order valence-corrected chi connectivity index (χ0v) is 10.5. The summed E-state index contributed by atoms with van der Waals surface area (Å²) in [6.45, 7) is 3.25. The van der Waals surface area contributed by atoms with Crippen LogP contribution in [-0.4, -0.2) is 18.7 Å². The van der Waals surface area contributed by atoms with Gasteiger partial charge in [0.15, 0.2) is 0 Å². The Hall–Kier alpha value is -0.540. The molecule has 1 aromatic rings. The lowest BCUT2D eigenvalue weighted by Crippen LogP contribution is -2.36. The van der Waals surface area contributed by atoms with E-state index in [1.807, 2.05) is 24.3 Å². The molecular weight excluding hydrogens is 254 g/mol. The van der Waals surface area contributed by atoms with Crippen LogP contribution in [0.4, 0.5) is 0 Å². The average Bonchev–Trinajstić information content (AvgIpc) is 2.74. The van der Waals surface area contributed by atoms with Crippen LogP contribution in [0.25, 0.3) is 0 Å². The number of rotatable bonds is 3. The molecule has 1 aliphatic rings. The number of benzene rings is 1. The summed E-state index contributed by atoms with van der Waals surface area (Å²) in [5.41, 5.74) is 0. The van der Waals surface area contributed by atoms with Crippen molar-refractivity contribution in [1.29, 1.82) is 0 Å². The molecule has 2 unspecified atom stereocenters. The first-order valence-electron chi connectivity index (χ1n) is 5.42. The SMILES string of the molecule is CC(Oc1ccccc1Br)C1CCCN1. The maximum atomic E-state index is 5.92. The minimum absolute atomic E-state index is 0.228. The summed E-state index contributed by atoms with van der Waals surface area (Å²) in [4.78, 5) is 0. The van der Waals surface area contributed by atoms with Crippen LogP contribution in [0.5, 0.6) is 5.75 Å². The lowest BCUT2D eigenvalue weighted by Gasteiger charge is -2.21. The van der Waals surface area contributed by atoms with Gasteiger partial charge in [0.1, 0.15) is 11.9 Å². The molecule has 2 rings (SSSR count). The van der Waals surface area contributed by atoms with E-state index < -0.39 is 0 Å². The summed E-state index contributed by atoms with van der Waals surface area (Å²) in [5.74, 6) is 0.929. The molecule has 3 heteroatoms. The summed E-state index contributed by atoms with van der Waals surface area (Å²) in [6, 6.07) is 8.49. The zero-order chi connectivity index (χ0) is 10.7. The third-order valence-electron chi connectivity index (χ3n) is 2.81.